The molecule has 0 N–H and O–H groups in total. The minimum absolute atomic E-state index is 0.210. The standard InChI is InChI=1S/C25H30N2O8/c1-26(2)11-6-18-16-27(24(28)34-19-7-12-30-13-8-19)21-4-3-5-22(23(18)21)32-17-33-25(29)35-20-9-14-31-15-10-20/h3-5,7-8,12,16,20H,6,9-11,13-15,17H2,1-2H3. The first-order valence-electron chi connectivity index (χ1n) is 11.5. The van der Waals surface area contributed by atoms with E-state index in [0.717, 1.165) is 17.5 Å². The highest BCUT2D eigenvalue weighted by molar-refractivity contribution is 5.96. The summed E-state index contributed by atoms with van der Waals surface area (Å²) in [6, 6.07) is 5.36. The van der Waals surface area contributed by atoms with E-state index in [0.29, 0.717) is 56.1 Å². The first-order chi connectivity index (χ1) is 17.0. The van der Waals surface area contributed by atoms with Gasteiger partial charge in [-0.3, -0.25) is 4.57 Å². The second-order valence-corrected chi connectivity index (χ2v) is 8.42. The van der Waals surface area contributed by atoms with Gasteiger partial charge in [-0.05, 0) is 44.3 Å². The van der Waals surface area contributed by atoms with Crippen LogP contribution in [0.4, 0.5) is 9.59 Å². The molecule has 1 fully saturated rings. The van der Waals surface area contributed by atoms with Crippen molar-refractivity contribution >= 4 is 23.2 Å². The molecule has 0 saturated carbocycles. The minimum Gasteiger partial charge on any atom is -0.497 e. The van der Waals surface area contributed by atoms with Crippen LogP contribution in [0, 0.1) is 0 Å². The van der Waals surface area contributed by atoms with E-state index in [1.54, 1.807) is 30.5 Å². The third kappa shape index (κ3) is 6.55. The number of aromatic nitrogens is 1. The van der Waals surface area contributed by atoms with Crippen LogP contribution >= 0.6 is 0 Å². The number of ether oxygens (including phenoxy) is 6. The molecule has 0 radical (unpaired) electrons. The zero-order valence-corrected chi connectivity index (χ0v) is 19.9. The first kappa shape index (κ1) is 24.6. The largest absolute Gasteiger partial charge is 0.511 e. The number of hydrogen-bond donors (Lipinski definition) is 0. The summed E-state index contributed by atoms with van der Waals surface area (Å²) in [5.41, 5.74) is 1.53. The Kier molecular flexibility index (Phi) is 8.27. The van der Waals surface area contributed by atoms with E-state index in [1.807, 2.05) is 20.2 Å². The van der Waals surface area contributed by atoms with Gasteiger partial charge in [-0.15, -0.1) is 0 Å². The Bertz CT molecular complexity index is 1100. The second kappa shape index (κ2) is 11.8. The van der Waals surface area contributed by atoms with Gasteiger partial charge >= 0.3 is 12.2 Å². The monoisotopic (exact) mass is 486 g/mol. The lowest BCUT2D eigenvalue weighted by molar-refractivity contribution is -0.0456. The van der Waals surface area contributed by atoms with E-state index >= 15 is 0 Å². The van der Waals surface area contributed by atoms with Crippen LogP contribution in [0.15, 0.2) is 48.6 Å². The maximum Gasteiger partial charge on any atom is 0.511 e. The Labute approximate surface area is 203 Å². The van der Waals surface area contributed by atoms with Gasteiger partial charge in [0.15, 0.2) is 0 Å². The first-order valence-corrected chi connectivity index (χ1v) is 11.5. The Hall–Kier alpha value is -3.50. The van der Waals surface area contributed by atoms with Crippen molar-refractivity contribution in [1.29, 1.82) is 0 Å². The fraction of sp³-hybridized carbons (Fsp3) is 0.440. The van der Waals surface area contributed by atoms with Crippen molar-refractivity contribution in [3.8, 4) is 5.75 Å². The summed E-state index contributed by atoms with van der Waals surface area (Å²) in [6.07, 6.45) is 6.94. The molecule has 0 bridgehead atoms. The summed E-state index contributed by atoms with van der Waals surface area (Å²) < 4.78 is 33.6. The maximum atomic E-state index is 13.0. The normalized spacial score (nSPS) is 16.0. The Morgan fingerprint density at radius 3 is 2.77 bits per heavy atom. The SMILES string of the molecule is CN(C)CCc1cn(C(=O)OC2=CCOC=C2)c2cccc(OCOC(=O)OC3CCOCC3)c12. The van der Waals surface area contributed by atoms with Crippen molar-refractivity contribution in [2.24, 2.45) is 0 Å². The van der Waals surface area contributed by atoms with E-state index in [9.17, 15) is 9.59 Å². The molecule has 3 heterocycles. The minimum atomic E-state index is -0.782. The molecule has 2 aromatic rings. The predicted octanol–water partition coefficient (Wildman–Crippen LogP) is 3.83. The van der Waals surface area contributed by atoms with E-state index in [2.05, 4.69) is 4.90 Å². The lowest BCUT2D eigenvalue weighted by atomic mass is 10.1. The van der Waals surface area contributed by atoms with Crippen molar-refractivity contribution in [2.45, 2.75) is 25.4 Å². The molecular formula is C25H30N2O8. The molecular weight excluding hydrogens is 456 g/mol. The van der Waals surface area contributed by atoms with E-state index < -0.39 is 12.2 Å². The fourth-order valence-electron chi connectivity index (χ4n) is 3.84. The van der Waals surface area contributed by atoms with Crippen molar-refractivity contribution in [2.75, 3.05) is 47.3 Å². The summed E-state index contributed by atoms with van der Waals surface area (Å²) >= 11 is 0. The summed E-state index contributed by atoms with van der Waals surface area (Å²) in [5, 5.41) is 0.754. The molecule has 0 amide bonds. The number of benzene rings is 1. The Morgan fingerprint density at radius 2 is 2.03 bits per heavy atom. The quantitative estimate of drug-likeness (QED) is 0.407. The van der Waals surface area contributed by atoms with Gasteiger partial charge in [-0.1, -0.05) is 6.07 Å². The molecule has 35 heavy (non-hydrogen) atoms. The molecule has 1 saturated heterocycles. The number of allylic oxidation sites excluding steroid dienone is 1. The molecule has 2 aliphatic heterocycles. The van der Waals surface area contributed by atoms with Crippen LogP contribution in [0.25, 0.3) is 10.9 Å². The molecule has 2 aliphatic rings. The maximum absolute atomic E-state index is 13.0. The molecule has 1 aromatic heterocycles. The molecule has 0 atom stereocenters. The molecule has 188 valence electrons. The van der Waals surface area contributed by atoms with Crippen molar-refractivity contribution < 1.29 is 38.0 Å². The fourth-order valence-corrected chi connectivity index (χ4v) is 3.84. The number of carbonyl (C=O) groups excluding carboxylic acids is 2. The van der Waals surface area contributed by atoms with Gasteiger partial charge in [0, 0.05) is 37.0 Å². The third-order valence-electron chi connectivity index (χ3n) is 5.63. The van der Waals surface area contributed by atoms with Crippen LogP contribution in [0.1, 0.15) is 18.4 Å². The number of hydrogen-bond acceptors (Lipinski definition) is 9. The number of nitrogens with zero attached hydrogens (tertiary/aromatic N) is 2. The van der Waals surface area contributed by atoms with Crippen LogP contribution in [0.5, 0.6) is 5.75 Å². The lowest BCUT2D eigenvalue weighted by Gasteiger charge is -2.21. The highest BCUT2D eigenvalue weighted by atomic mass is 16.8. The van der Waals surface area contributed by atoms with Crippen LogP contribution in [-0.4, -0.2) is 75.1 Å². The molecule has 1 aromatic carbocycles. The molecule has 10 nitrogen and oxygen atoms in total. The third-order valence-corrected chi connectivity index (χ3v) is 5.63. The lowest BCUT2D eigenvalue weighted by Crippen LogP contribution is -2.27. The number of carbonyl (C=O) groups is 2. The van der Waals surface area contributed by atoms with Crippen LogP contribution in [0.2, 0.25) is 0 Å². The number of fused-ring (bicyclic) bond motifs is 1. The number of rotatable bonds is 8. The predicted molar refractivity (Wildman–Crippen MR) is 126 cm³/mol. The molecule has 0 spiro atoms. The van der Waals surface area contributed by atoms with E-state index in [1.165, 1.54) is 10.8 Å². The molecule has 10 heteroatoms. The van der Waals surface area contributed by atoms with Gasteiger partial charge in [0.25, 0.3) is 0 Å². The smallest absolute Gasteiger partial charge is 0.497 e. The molecule has 0 aliphatic carbocycles. The topological polar surface area (TPSA) is 97.7 Å². The van der Waals surface area contributed by atoms with Gasteiger partial charge in [0.05, 0.1) is 25.0 Å². The summed E-state index contributed by atoms with van der Waals surface area (Å²) in [5.74, 6) is 0.911. The van der Waals surface area contributed by atoms with Gasteiger partial charge in [-0.25, -0.2) is 9.59 Å². The summed E-state index contributed by atoms with van der Waals surface area (Å²) in [6.45, 7) is 1.91. The highest BCUT2D eigenvalue weighted by Gasteiger charge is 2.21. The van der Waals surface area contributed by atoms with Crippen molar-refractivity contribution in [3.05, 3.63) is 54.1 Å². The van der Waals surface area contributed by atoms with Crippen LogP contribution in [-0.2, 0) is 30.1 Å². The highest BCUT2D eigenvalue weighted by Crippen LogP contribution is 2.32. The van der Waals surface area contributed by atoms with Crippen LogP contribution in [0.3, 0.4) is 0 Å². The molecule has 4 rings (SSSR count). The van der Waals surface area contributed by atoms with E-state index in [4.69, 9.17) is 28.4 Å². The van der Waals surface area contributed by atoms with Crippen molar-refractivity contribution in [3.63, 3.8) is 0 Å². The Balaban J connectivity index is 1.49. The second-order valence-electron chi connectivity index (χ2n) is 8.42. The average Bonchev–Trinajstić information content (AvgIpc) is 3.24. The summed E-state index contributed by atoms with van der Waals surface area (Å²) in [7, 11) is 3.96. The molecule has 0 unspecified atom stereocenters. The van der Waals surface area contributed by atoms with Gasteiger partial charge in [0.2, 0.25) is 6.79 Å². The summed E-state index contributed by atoms with van der Waals surface area (Å²) in [4.78, 5) is 27.1. The van der Waals surface area contributed by atoms with E-state index in [-0.39, 0.29) is 12.9 Å². The Morgan fingerprint density at radius 1 is 1.20 bits per heavy atom. The van der Waals surface area contributed by atoms with Gasteiger partial charge in [0.1, 0.15) is 24.2 Å². The van der Waals surface area contributed by atoms with Gasteiger partial charge in [-0.2, -0.15) is 0 Å². The number of likely N-dealkylation sites (N-methyl/N-ethyl adjacent to an activating group) is 1. The average molecular weight is 487 g/mol. The zero-order valence-electron chi connectivity index (χ0n) is 19.9. The zero-order chi connectivity index (χ0) is 24.6. The van der Waals surface area contributed by atoms with Gasteiger partial charge < -0.3 is 33.3 Å². The van der Waals surface area contributed by atoms with Crippen molar-refractivity contribution in [1.82, 2.24) is 9.47 Å². The van der Waals surface area contributed by atoms with Crippen LogP contribution < -0.4 is 4.74 Å².